The molecule has 5 heteroatoms. The summed E-state index contributed by atoms with van der Waals surface area (Å²) in [5, 5.41) is 0. The maximum atomic E-state index is 13.3. The number of hydrogen-bond donors (Lipinski definition) is 0. The predicted octanol–water partition coefficient (Wildman–Crippen LogP) is 4.73. The van der Waals surface area contributed by atoms with Gasteiger partial charge in [0.05, 0.1) is 5.69 Å². The lowest BCUT2D eigenvalue weighted by Crippen LogP contribution is -2.17. The Morgan fingerprint density at radius 3 is 2.52 bits per heavy atom. The molecule has 0 unspecified atom stereocenters. The molecular formula is C20H19FN2OS. The second-order valence-electron chi connectivity index (χ2n) is 5.83. The third-order valence-corrected chi connectivity index (χ3v) is 4.98. The highest BCUT2D eigenvalue weighted by molar-refractivity contribution is 7.09. The summed E-state index contributed by atoms with van der Waals surface area (Å²) < 4.78 is 15.4. The molecule has 0 bridgehead atoms. The number of benzene rings is 2. The van der Waals surface area contributed by atoms with Crippen molar-refractivity contribution in [1.29, 1.82) is 0 Å². The number of amides is 1. The molecule has 0 aliphatic rings. The fourth-order valence-corrected chi connectivity index (χ4v) is 3.80. The molecule has 0 saturated carbocycles. The molecule has 1 aromatic heterocycles. The zero-order chi connectivity index (χ0) is 18.0. The fourth-order valence-electron chi connectivity index (χ4n) is 2.75. The van der Waals surface area contributed by atoms with Crippen molar-refractivity contribution < 1.29 is 9.18 Å². The minimum atomic E-state index is -0.438. The summed E-state index contributed by atoms with van der Waals surface area (Å²) in [6.07, 6.45) is 0. The summed E-state index contributed by atoms with van der Waals surface area (Å²) in [6, 6.07) is 13.9. The third-order valence-electron chi connectivity index (χ3n) is 3.99. The average Bonchev–Trinajstić information content (AvgIpc) is 2.90. The van der Waals surface area contributed by atoms with Gasteiger partial charge < -0.3 is 4.57 Å². The van der Waals surface area contributed by atoms with E-state index in [1.54, 1.807) is 6.07 Å². The van der Waals surface area contributed by atoms with Crippen molar-refractivity contribution in [3.63, 3.8) is 0 Å². The summed E-state index contributed by atoms with van der Waals surface area (Å²) in [6.45, 7) is 6.80. The molecule has 0 aliphatic heterocycles. The van der Waals surface area contributed by atoms with Gasteiger partial charge in [-0.1, -0.05) is 35.9 Å². The molecule has 0 saturated heterocycles. The van der Waals surface area contributed by atoms with E-state index in [2.05, 4.69) is 36.2 Å². The van der Waals surface area contributed by atoms with Crippen LogP contribution < -0.4 is 4.80 Å². The van der Waals surface area contributed by atoms with E-state index < -0.39 is 11.7 Å². The van der Waals surface area contributed by atoms with E-state index in [0.717, 1.165) is 16.1 Å². The van der Waals surface area contributed by atoms with Gasteiger partial charge in [-0.25, -0.2) is 4.39 Å². The Bertz CT molecular complexity index is 984. The molecule has 0 N–H and O–H groups in total. The van der Waals surface area contributed by atoms with E-state index in [9.17, 15) is 9.18 Å². The lowest BCUT2D eigenvalue weighted by molar-refractivity contribution is 0.0997. The second-order valence-corrected chi connectivity index (χ2v) is 7.01. The first-order valence-electron chi connectivity index (χ1n) is 8.11. The van der Waals surface area contributed by atoms with Gasteiger partial charge in [0.1, 0.15) is 5.82 Å². The zero-order valence-electron chi connectivity index (χ0n) is 14.4. The largest absolute Gasteiger partial charge is 0.316 e. The number of halogens is 1. The van der Waals surface area contributed by atoms with E-state index in [-0.39, 0.29) is 5.56 Å². The van der Waals surface area contributed by atoms with Crippen LogP contribution in [-0.4, -0.2) is 10.5 Å². The molecule has 1 amide bonds. The Morgan fingerprint density at radius 2 is 1.88 bits per heavy atom. The number of carbonyl (C=O) groups is 1. The van der Waals surface area contributed by atoms with Gasteiger partial charge in [0.15, 0.2) is 4.80 Å². The first-order chi connectivity index (χ1) is 12.0. The van der Waals surface area contributed by atoms with Crippen LogP contribution in [0.2, 0.25) is 0 Å². The minimum Gasteiger partial charge on any atom is -0.316 e. The molecule has 25 heavy (non-hydrogen) atoms. The monoisotopic (exact) mass is 354 g/mol. The van der Waals surface area contributed by atoms with Crippen LogP contribution >= 0.6 is 11.3 Å². The van der Waals surface area contributed by atoms with Crippen molar-refractivity contribution >= 4 is 17.2 Å². The van der Waals surface area contributed by atoms with Crippen LogP contribution in [0.25, 0.3) is 11.3 Å². The van der Waals surface area contributed by atoms with Gasteiger partial charge in [0.25, 0.3) is 5.91 Å². The molecule has 128 valence electrons. The van der Waals surface area contributed by atoms with Gasteiger partial charge in [0, 0.05) is 17.0 Å². The molecule has 1 heterocycles. The van der Waals surface area contributed by atoms with Crippen LogP contribution in [0.1, 0.15) is 27.7 Å². The Kier molecular flexibility index (Phi) is 4.95. The average molecular weight is 354 g/mol. The molecule has 2 aromatic carbocycles. The van der Waals surface area contributed by atoms with Crippen molar-refractivity contribution in [2.24, 2.45) is 4.99 Å². The second kappa shape index (κ2) is 7.15. The van der Waals surface area contributed by atoms with E-state index >= 15 is 0 Å². The van der Waals surface area contributed by atoms with E-state index in [1.165, 1.54) is 35.1 Å². The normalized spacial score (nSPS) is 11.8. The van der Waals surface area contributed by atoms with Gasteiger partial charge in [-0.05, 0) is 44.5 Å². The lowest BCUT2D eigenvalue weighted by Gasteiger charge is -2.08. The highest BCUT2D eigenvalue weighted by Gasteiger charge is 2.13. The molecule has 3 nitrogen and oxygen atoms in total. The number of hydrogen-bond acceptors (Lipinski definition) is 2. The first kappa shape index (κ1) is 17.3. The van der Waals surface area contributed by atoms with Crippen LogP contribution in [-0.2, 0) is 6.54 Å². The third kappa shape index (κ3) is 3.61. The molecule has 0 aliphatic carbocycles. The van der Waals surface area contributed by atoms with Crippen LogP contribution in [0.15, 0.2) is 53.5 Å². The van der Waals surface area contributed by atoms with E-state index in [0.29, 0.717) is 11.3 Å². The molecule has 3 rings (SSSR count). The lowest BCUT2D eigenvalue weighted by atomic mass is 10.1. The molecule has 0 fully saturated rings. The minimum absolute atomic E-state index is 0.255. The van der Waals surface area contributed by atoms with Crippen molar-refractivity contribution in [3.8, 4) is 11.3 Å². The summed E-state index contributed by atoms with van der Waals surface area (Å²) in [7, 11) is 0. The summed E-state index contributed by atoms with van der Waals surface area (Å²) in [5.41, 5.74) is 3.62. The highest BCUT2D eigenvalue weighted by Crippen LogP contribution is 2.25. The van der Waals surface area contributed by atoms with Gasteiger partial charge in [0.2, 0.25) is 0 Å². The van der Waals surface area contributed by atoms with Crippen molar-refractivity contribution in [3.05, 3.63) is 75.2 Å². The Balaban J connectivity index is 2.10. The Morgan fingerprint density at radius 1 is 1.16 bits per heavy atom. The van der Waals surface area contributed by atoms with Crippen molar-refractivity contribution in [1.82, 2.24) is 4.57 Å². The van der Waals surface area contributed by atoms with Gasteiger partial charge >= 0.3 is 0 Å². The smallest absolute Gasteiger partial charge is 0.279 e. The standard InChI is InChI=1S/C20H19FN2OS/c1-4-23-18(15-10-8-13(2)9-11-15)14(3)25-20(23)22-19(24)16-6-5-7-17(21)12-16/h5-12H,4H2,1-3H3. The maximum absolute atomic E-state index is 13.3. The summed E-state index contributed by atoms with van der Waals surface area (Å²) >= 11 is 1.47. The maximum Gasteiger partial charge on any atom is 0.279 e. The Labute approximate surface area is 150 Å². The summed E-state index contributed by atoms with van der Waals surface area (Å²) in [4.78, 5) is 18.4. The van der Waals surface area contributed by atoms with Crippen molar-refractivity contribution in [2.45, 2.75) is 27.3 Å². The summed E-state index contributed by atoms with van der Waals surface area (Å²) in [5.74, 6) is -0.870. The van der Waals surface area contributed by atoms with Crippen LogP contribution in [0.4, 0.5) is 4.39 Å². The highest BCUT2D eigenvalue weighted by atomic mass is 32.1. The molecule has 3 aromatic rings. The van der Waals surface area contributed by atoms with Gasteiger partial charge in [-0.15, -0.1) is 11.3 Å². The number of thiazole rings is 1. The quantitative estimate of drug-likeness (QED) is 0.669. The molecular weight excluding hydrogens is 335 g/mol. The van der Waals surface area contributed by atoms with E-state index in [1.807, 2.05) is 18.4 Å². The first-order valence-corrected chi connectivity index (χ1v) is 8.93. The molecule has 0 spiro atoms. The van der Waals surface area contributed by atoms with Crippen molar-refractivity contribution in [2.75, 3.05) is 0 Å². The fraction of sp³-hybridized carbons (Fsp3) is 0.200. The van der Waals surface area contributed by atoms with Crippen LogP contribution in [0, 0.1) is 19.7 Å². The number of aromatic nitrogens is 1. The van der Waals surface area contributed by atoms with Crippen LogP contribution in [0.5, 0.6) is 0 Å². The van der Waals surface area contributed by atoms with Crippen LogP contribution in [0.3, 0.4) is 0 Å². The Hall–Kier alpha value is -2.53. The SMILES string of the molecule is CCn1c(-c2ccc(C)cc2)c(C)sc1=NC(=O)c1cccc(F)c1. The number of aryl methyl sites for hydroxylation is 2. The number of rotatable bonds is 3. The number of nitrogens with zero attached hydrogens (tertiary/aromatic N) is 2. The molecule has 0 radical (unpaired) electrons. The predicted molar refractivity (Wildman–Crippen MR) is 99.2 cm³/mol. The van der Waals surface area contributed by atoms with Gasteiger partial charge in [-0.2, -0.15) is 4.99 Å². The molecule has 0 atom stereocenters. The van der Waals surface area contributed by atoms with Gasteiger partial charge in [-0.3, -0.25) is 4.79 Å². The topological polar surface area (TPSA) is 34.4 Å². The van der Waals surface area contributed by atoms with E-state index in [4.69, 9.17) is 0 Å². The zero-order valence-corrected chi connectivity index (χ0v) is 15.2. The number of carbonyl (C=O) groups excluding carboxylic acids is 1.